The van der Waals surface area contributed by atoms with Gasteiger partial charge in [-0.25, -0.2) is 9.13 Å². The van der Waals surface area contributed by atoms with Gasteiger partial charge in [-0.1, -0.05) is 273 Å². The average molecular weight is 1260 g/mol. The summed E-state index contributed by atoms with van der Waals surface area (Å²) in [6, 6.07) is 0. The molecule has 0 saturated carbocycles. The number of unbranched alkanes of at least 4 members (excludes halogenated alkanes) is 30. The standard InChI is InChI=1S/C66H128O17P2/c1-8-11-12-13-14-15-16-26-33-40-47-63(68)76-53-61(82-65(70)49-42-35-28-20-17-23-30-37-44-57(4)5)55-80-84(72,73)78-51-60(67)52-79-85(74,75)81-56-62(83-66(71)50-43-36-29-22-19-25-32-39-46-59(7)10-3)54-77-64(69)48-41-34-27-21-18-24-31-38-45-58(6)9-2/h57-62,67H,8-56H2,1-7H3,(H,72,73)(H,74,75)/t58?,59?,60-,61+,62+/m0/s1. The number of aliphatic hydroxyl groups excluding tert-OH is 1. The van der Waals surface area contributed by atoms with Crippen LogP contribution in [0.4, 0.5) is 0 Å². The number of carbonyl (C=O) groups excluding carboxylic acids is 4. The number of rotatable bonds is 64. The number of carbonyl (C=O) groups is 4. The fourth-order valence-corrected chi connectivity index (χ4v) is 11.3. The van der Waals surface area contributed by atoms with Gasteiger partial charge >= 0.3 is 39.5 Å². The van der Waals surface area contributed by atoms with Crippen molar-refractivity contribution in [2.75, 3.05) is 39.6 Å². The van der Waals surface area contributed by atoms with Crippen molar-refractivity contribution in [2.45, 2.75) is 343 Å². The van der Waals surface area contributed by atoms with Crippen LogP contribution in [0.2, 0.25) is 0 Å². The Kier molecular flexibility index (Phi) is 55.9. The van der Waals surface area contributed by atoms with Gasteiger partial charge < -0.3 is 33.8 Å². The maximum atomic E-state index is 13.0. The Bertz CT molecular complexity index is 1690. The second-order valence-corrected chi connectivity index (χ2v) is 27.7. The second kappa shape index (κ2) is 57.2. The molecule has 504 valence electrons. The van der Waals surface area contributed by atoms with E-state index in [1.807, 2.05) is 0 Å². The molecule has 0 radical (unpaired) electrons. The molecular formula is C66H128O17P2. The van der Waals surface area contributed by atoms with Gasteiger partial charge in [0.05, 0.1) is 26.4 Å². The van der Waals surface area contributed by atoms with E-state index in [1.54, 1.807) is 0 Å². The molecular weight excluding hydrogens is 1130 g/mol. The number of esters is 4. The highest BCUT2D eigenvalue weighted by molar-refractivity contribution is 7.47. The van der Waals surface area contributed by atoms with Gasteiger partial charge in [-0.2, -0.15) is 0 Å². The Morgan fingerprint density at radius 2 is 0.600 bits per heavy atom. The fourth-order valence-electron chi connectivity index (χ4n) is 9.77. The predicted molar refractivity (Wildman–Crippen MR) is 340 cm³/mol. The smallest absolute Gasteiger partial charge is 0.462 e. The van der Waals surface area contributed by atoms with Crippen LogP contribution in [0.15, 0.2) is 0 Å². The summed E-state index contributed by atoms with van der Waals surface area (Å²) in [5.74, 6) is 0.130. The molecule has 17 nitrogen and oxygen atoms in total. The third-order valence-corrected chi connectivity index (χ3v) is 17.8. The van der Waals surface area contributed by atoms with Crippen LogP contribution in [-0.2, 0) is 65.4 Å². The van der Waals surface area contributed by atoms with E-state index in [0.29, 0.717) is 25.7 Å². The van der Waals surface area contributed by atoms with Crippen LogP contribution in [0.5, 0.6) is 0 Å². The van der Waals surface area contributed by atoms with E-state index in [0.717, 1.165) is 108 Å². The number of hydrogen-bond acceptors (Lipinski definition) is 15. The number of ether oxygens (including phenoxy) is 4. The lowest BCUT2D eigenvalue weighted by atomic mass is 9.99. The summed E-state index contributed by atoms with van der Waals surface area (Å²) in [7, 11) is -9.89. The normalized spacial score (nSPS) is 15.0. The molecule has 19 heteroatoms. The predicted octanol–water partition coefficient (Wildman–Crippen LogP) is 18.3. The maximum absolute atomic E-state index is 13.0. The Morgan fingerprint density at radius 3 is 0.894 bits per heavy atom. The van der Waals surface area contributed by atoms with Crippen LogP contribution in [0.3, 0.4) is 0 Å². The van der Waals surface area contributed by atoms with Crippen LogP contribution < -0.4 is 0 Å². The minimum atomic E-state index is -4.95. The number of phosphoric ester groups is 2. The zero-order chi connectivity index (χ0) is 63.1. The molecule has 0 rings (SSSR count). The van der Waals surface area contributed by atoms with E-state index < -0.39 is 97.5 Å². The van der Waals surface area contributed by atoms with Crippen molar-refractivity contribution in [1.82, 2.24) is 0 Å². The zero-order valence-corrected chi connectivity index (χ0v) is 56.9. The van der Waals surface area contributed by atoms with Crippen LogP contribution >= 0.6 is 15.6 Å². The molecule has 0 aromatic rings. The molecule has 0 bridgehead atoms. The van der Waals surface area contributed by atoms with Crippen LogP contribution in [0.25, 0.3) is 0 Å². The van der Waals surface area contributed by atoms with E-state index in [4.69, 9.17) is 37.0 Å². The van der Waals surface area contributed by atoms with Gasteiger partial charge in [0.1, 0.15) is 19.3 Å². The summed E-state index contributed by atoms with van der Waals surface area (Å²) < 4.78 is 68.1. The highest BCUT2D eigenvalue weighted by Gasteiger charge is 2.30. The molecule has 3 N–H and O–H groups in total. The van der Waals surface area contributed by atoms with Gasteiger partial charge in [-0.15, -0.1) is 0 Å². The molecule has 0 saturated heterocycles. The molecule has 0 fully saturated rings. The van der Waals surface area contributed by atoms with Gasteiger partial charge in [-0.3, -0.25) is 37.3 Å². The van der Waals surface area contributed by atoms with Crippen molar-refractivity contribution in [2.24, 2.45) is 17.8 Å². The number of hydrogen-bond donors (Lipinski definition) is 3. The molecule has 4 unspecified atom stereocenters. The first kappa shape index (κ1) is 83.1. The maximum Gasteiger partial charge on any atom is 0.472 e. The lowest BCUT2D eigenvalue weighted by Crippen LogP contribution is -2.30. The SMILES string of the molecule is CCCCCCCCCCCCC(=O)OC[C@H](COP(=O)(O)OC[C@H](O)COP(=O)(O)OC[C@@H](COC(=O)CCCCCCCCCCC(C)CC)OC(=O)CCCCCCCCCCC(C)CC)OC(=O)CCCCCCCCCCC(C)C. The first-order valence-electron chi connectivity index (χ1n) is 34.4. The topological polar surface area (TPSA) is 237 Å². The average Bonchev–Trinajstić information content (AvgIpc) is 3.56. The quantitative estimate of drug-likeness (QED) is 0.0222. The van der Waals surface area contributed by atoms with E-state index in [1.165, 1.54) is 135 Å². The van der Waals surface area contributed by atoms with E-state index >= 15 is 0 Å². The highest BCUT2D eigenvalue weighted by Crippen LogP contribution is 2.45. The third-order valence-electron chi connectivity index (χ3n) is 15.9. The van der Waals surface area contributed by atoms with Crippen molar-refractivity contribution in [3.8, 4) is 0 Å². The summed E-state index contributed by atoms with van der Waals surface area (Å²) in [6.45, 7) is 11.8. The third kappa shape index (κ3) is 58.2. The summed E-state index contributed by atoms with van der Waals surface area (Å²) in [5, 5.41) is 10.6. The monoisotopic (exact) mass is 1250 g/mol. The van der Waals surface area contributed by atoms with Crippen molar-refractivity contribution in [3.63, 3.8) is 0 Å². The number of phosphoric acid groups is 2. The molecule has 7 atom stereocenters. The van der Waals surface area contributed by atoms with Crippen LogP contribution in [0, 0.1) is 17.8 Å². The van der Waals surface area contributed by atoms with Crippen LogP contribution in [-0.4, -0.2) is 96.7 Å². The van der Waals surface area contributed by atoms with Crippen molar-refractivity contribution in [3.05, 3.63) is 0 Å². The summed E-state index contributed by atoms with van der Waals surface area (Å²) in [6.07, 6.45) is 38.8. The van der Waals surface area contributed by atoms with E-state index in [9.17, 15) is 43.2 Å². The molecule has 0 aromatic carbocycles. The van der Waals surface area contributed by atoms with Crippen molar-refractivity contribution < 1.29 is 80.2 Å². The summed E-state index contributed by atoms with van der Waals surface area (Å²) >= 11 is 0. The molecule has 0 amide bonds. The van der Waals surface area contributed by atoms with Gasteiger partial charge in [0.2, 0.25) is 0 Å². The molecule has 0 aliphatic carbocycles. The molecule has 0 aliphatic heterocycles. The first-order chi connectivity index (χ1) is 40.8. The first-order valence-corrected chi connectivity index (χ1v) is 37.4. The minimum Gasteiger partial charge on any atom is -0.462 e. The fraction of sp³-hybridized carbons (Fsp3) is 0.939. The lowest BCUT2D eigenvalue weighted by Gasteiger charge is -2.21. The van der Waals surface area contributed by atoms with Gasteiger partial charge in [0.15, 0.2) is 12.2 Å². The minimum absolute atomic E-state index is 0.104. The Hall–Kier alpha value is -1.94. The molecule has 0 aliphatic rings. The van der Waals surface area contributed by atoms with E-state index in [2.05, 4.69) is 48.5 Å². The summed E-state index contributed by atoms with van der Waals surface area (Å²) in [5.41, 5.74) is 0. The molecule has 85 heavy (non-hydrogen) atoms. The van der Waals surface area contributed by atoms with Gasteiger partial charge in [0, 0.05) is 25.7 Å². The Balaban J connectivity index is 5.27. The zero-order valence-electron chi connectivity index (χ0n) is 55.1. The largest absolute Gasteiger partial charge is 0.472 e. The van der Waals surface area contributed by atoms with Crippen LogP contribution in [0.1, 0.15) is 325 Å². The molecule has 0 heterocycles. The molecule has 0 aromatic heterocycles. The van der Waals surface area contributed by atoms with Gasteiger partial charge in [0.25, 0.3) is 0 Å². The number of aliphatic hydroxyl groups is 1. The van der Waals surface area contributed by atoms with E-state index in [-0.39, 0.29) is 25.7 Å². The Labute approximate surface area is 517 Å². The van der Waals surface area contributed by atoms with Crippen molar-refractivity contribution in [1.29, 1.82) is 0 Å². The van der Waals surface area contributed by atoms with Gasteiger partial charge in [-0.05, 0) is 43.4 Å². The lowest BCUT2D eigenvalue weighted by molar-refractivity contribution is -0.161. The highest BCUT2D eigenvalue weighted by atomic mass is 31.2. The summed E-state index contributed by atoms with van der Waals surface area (Å²) in [4.78, 5) is 72.3. The molecule has 0 spiro atoms. The Morgan fingerprint density at radius 1 is 0.341 bits per heavy atom. The second-order valence-electron chi connectivity index (χ2n) is 24.8. The van der Waals surface area contributed by atoms with Crippen molar-refractivity contribution >= 4 is 39.5 Å².